The Kier molecular flexibility index (Phi) is 5.54. The van der Waals surface area contributed by atoms with E-state index in [-0.39, 0.29) is 13.1 Å². The summed E-state index contributed by atoms with van der Waals surface area (Å²) >= 11 is 0. The van der Waals surface area contributed by atoms with Crippen LogP contribution in [0.1, 0.15) is 49.9 Å². The van der Waals surface area contributed by atoms with Crippen molar-refractivity contribution in [1.29, 1.82) is 0 Å². The molecule has 7 nitrogen and oxygen atoms in total. The van der Waals surface area contributed by atoms with E-state index >= 15 is 0 Å². The second-order valence-electron chi connectivity index (χ2n) is 4.60. The Morgan fingerprint density at radius 1 is 1.05 bits per heavy atom. The smallest absolute Gasteiger partial charge is 0.346 e. The fourth-order valence-electron chi connectivity index (χ4n) is 1.91. The lowest BCUT2D eigenvalue weighted by molar-refractivity contribution is 0.0688. The van der Waals surface area contributed by atoms with Crippen LogP contribution in [0.15, 0.2) is 9.59 Å². The van der Waals surface area contributed by atoms with Crippen molar-refractivity contribution < 1.29 is 15.0 Å². The minimum atomic E-state index is -1.53. The first-order valence-electron chi connectivity index (χ1n) is 6.75. The van der Waals surface area contributed by atoms with Crippen molar-refractivity contribution in [2.75, 3.05) is 0 Å². The fraction of sp³-hybridized carbons (Fsp3) is 0.615. The zero-order chi connectivity index (χ0) is 15.3. The average molecular weight is 284 g/mol. The van der Waals surface area contributed by atoms with Gasteiger partial charge in [-0.3, -0.25) is 13.9 Å². The SMILES string of the molecule is CCCCn1c(O)c(C(=O)O)c(=O)n(CCCC)c1=O. The normalized spacial score (nSPS) is 10.7. The number of carbonyl (C=O) groups is 1. The predicted molar refractivity (Wildman–Crippen MR) is 73.4 cm³/mol. The predicted octanol–water partition coefficient (Wildman–Crippen LogP) is 1.01. The topological polar surface area (TPSA) is 102 Å². The van der Waals surface area contributed by atoms with E-state index in [1.165, 1.54) is 0 Å². The first-order chi connectivity index (χ1) is 9.45. The van der Waals surface area contributed by atoms with Gasteiger partial charge in [0.05, 0.1) is 0 Å². The van der Waals surface area contributed by atoms with Crippen molar-refractivity contribution in [2.24, 2.45) is 0 Å². The summed E-state index contributed by atoms with van der Waals surface area (Å²) in [5.74, 6) is -2.28. The number of aromatic nitrogens is 2. The van der Waals surface area contributed by atoms with Gasteiger partial charge in [0.1, 0.15) is 0 Å². The standard InChI is InChI=1S/C13H20N2O5/c1-3-5-7-14-10(16)9(12(18)19)11(17)15(13(14)20)8-6-4-2/h16H,3-8H2,1-2H3,(H,18,19). The number of hydrogen-bond donors (Lipinski definition) is 2. The summed E-state index contributed by atoms with van der Waals surface area (Å²) in [6.45, 7) is 4.15. The molecule has 0 fully saturated rings. The Bertz CT molecular complexity index is 600. The highest BCUT2D eigenvalue weighted by molar-refractivity contribution is 5.89. The lowest BCUT2D eigenvalue weighted by Gasteiger charge is -2.13. The highest BCUT2D eigenvalue weighted by Crippen LogP contribution is 2.11. The van der Waals surface area contributed by atoms with Gasteiger partial charge < -0.3 is 10.2 Å². The highest BCUT2D eigenvalue weighted by Gasteiger charge is 2.23. The van der Waals surface area contributed by atoms with Crippen molar-refractivity contribution in [3.05, 3.63) is 26.4 Å². The van der Waals surface area contributed by atoms with Gasteiger partial charge in [0.15, 0.2) is 5.56 Å². The van der Waals surface area contributed by atoms with Crippen LogP contribution in [0.4, 0.5) is 0 Å². The Hall–Kier alpha value is -2.05. The molecule has 1 aromatic rings. The molecule has 0 radical (unpaired) electrons. The number of carboxylic acid groups (broad SMARTS) is 1. The summed E-state index contributed by atoms with van der Waals surface area (Å²) in [6.07, 6.45) is 2.75. The number of carboxylic acids is 1. The molecule has 0 saturated heterocycles. The van der Waals surface area contributed by atoms with Crippen molar-refractivity contribution in [1.82, 2.24) is 9.13 Å². The van der Waals surface area contributed by atoms with Gasteiger partial charge in [-0.05, 0) is 12.8 Å². The minimum absolute atomic E-state index is 0.154. The zero-order valence-corrected chi connectivity index (χ0v) is 11.8. The fourth-order valence-corrected chi connectivity index (χ4v) is 1.91. The maximum atomic E-state index is 12.2. The van der Waals surface area contributed by atoms with Crippen LogP contribution in [0, 0.1) is 0 Å². The summed E-state index contributed by atoms with van der Waals surface area (Å²) in [7, 11) is 0. The monoisotopic (exact) mass is 284 g/mol. The largest absolute Gasteiger partial charge is 0.494 e. The number of unbranched alkanes of at least 4 members (excludes halogenated alkanes) is 2. The van der Waals surface area contributed by atoms with Gasteiger partial charge in [-0.25, -0.2) is 9.59 Å². The number of nitrogens with zero attached hydrogens (tertiary/aromatic N) is 2. The second kappa shape index (κ2) is 6.93. The van der Waals surface area contributed by atoms with Crippen LogP contribution < -0.4 is 11.2 Å². The molecule has 0 aromatic carbocycles. The molecule has 112 valence electrons. The van der Waals surface area contributed by atoms with E-state index in [9.17, 15) is 19.5 Å². The van der Waals surface area contributed by atoms with E-state index in [0.717, 1.165) is 22.0 Å². The van der Waals surface area contributed by atoms with Crippen LogP contribution in [0.3, 0.4) is 0 Å². The molecule has 1 rings (SSSR count). The number of aromatic carboxylic acids is 1. The molecule has 1 heterocycles. The lowest BCUT2D eigenvalue weighted by Crippen LogP contribution is -2.42. The maximum Gasteiger partial charge on any atom is 0.346 e. The van der Waals surface area contributed by atoms with Crippen molar-refractivity contribution in [2.45, 2.75) is 52.6 Å². The Labute approximate surface area is 116 Å². The average Bonchev–Trinajstić information content (AvgIpc) is 2.38. The third-order valence-corrected chi connectivity index (χ3v) is 3.08. The third kappa shape index (κ3) is 3.09. The Balaban J connectivity index is 3.52. The lowest BCUT2D eigenvalue weighted by atomic mass is 10.2. The maximum absolute atomic E-state index is 12.2. The van der Waals surface area contributed by atoms with Crippen LogP contribution in [-0.4, -0.2) is 25.3 Å². The quantitative estimate of drug-likeness (QED) is 0.778. The van der Waals surface area contributed by atoms with Gasteiger partial charge in [-0.15, -0.1) is 0 Å². The molecule has 20 heavy (non-hydrogen) atoms. The van der Waals surface area contributed by atoms with Gasteiger partial charge in [0, 0.05) is 13.1 Å². The molecule has 0 bridgehead atoms. The molecule has 0 amide bonds. The minimum Gasteiger partial charge on any atom is -0.494 e. The molecule has 0 saturated carbocycles. The van der Waals surface area contributed by atoms with E-state index < -0.39 is 28.7 Å². The van der Waals surface area contributed by atoms with Gasteiger partial charge in [0.2, 0.25) is 5.88 Å². The van der Waals surface area contributed by atoms with Gasteiger partial charge in [0.25, 0.3) is 5.56 Å². The van der Waals surface area contributed by atoms with Crippen LogP contribution >= 0.6 is 0 Å². The second-order valence-corrected chi connectivity index (χ2v) is 4.60. The first-order valence-corrected chi connectivity index (χ1v) is 6.75. The highest BCUT2D eigenvalue weighted by atomic mass is 16.4. The number of hydrogen-bond acceptors (Lipinski definition) is 4. The summed E-state index contributed by atoms with van der Waals surface area (Å²) in [5.41, 5.74) is -2.34. The van der Waals surface area contributed by atoms with Gasteiger partial charge >= 0.3 is 11.7 Å². The first kappa shape index (κ1) is 16.0. The molecular weight excluding hydrogens is 264 g/mol. The number of rotatable bonds is 7. The summed E-state index contributed by atoms with van der Waals surface area (Å²) in [5, 5.41) is 18.9. The van der Waals surface area contributed by atoms with Crippen LogP contribution in [0.2, 0.25) is 0 Å². The zero-order valence-electron chi connectivity index (χ0n) is 11.8. The molecule has 2 N–H and O–H groups in total. The summed E-state index contributed by atoms with van der Waals surface area (Å²) in [4.78, 5) is 35.3. The van der Waals surface area contributed by atoms with E-state index in [4.69, 9.17) is 5.11 Å². The molecule has 0 spiro atoms. The molecular formula is C13H20N2O5. The Morgan fingerprint density at radius 2 is 1.55 bits per heavy atom. The van der Waals surface area contributed by atoms with Crippen LogP contribution in [0.25, 0.3) is 0 Å². The van der Waals surface area contributed by atoms with Crippen molar-refractivity contribution in [3.8, 4) is 5.88 Å². The molecule has 0 aliphatic rings. The van der Waals surface area contributed by atoms with Crippen LogP contribution in [-0.2, 0) is 13.1 Å². The molecule has 0 aliphatic carbocycles. The van der Waals surface area contributed by atoms with E-state index in [1.807, 2.05) is 13.8 Å². The summed E-state index contributed by atoms with van der Waals surface area (Å²) < 4.78 is 1.85. The molecule has 0 unspecified atom stereocenters. The van der Waals surface area contributed by atoms with Crippen molar-refractivity contribution >= 4 is 5.97 Å². The summed E-state index contributed by atoms with van der Waals surface area (Å²) in [6, 6.07) is 0. The van der Waals surface area contributed by atoms with E-state index in [2.05, 4.69) is 0 Å². The van der Waals surface area contributed by atoms with Gasteiger partial charge in [-0.1, -0.05) is 26.7 Å². The third-order valence-electron chi connectivity index (χ3n) is 3.08. The van der Waals surface area contributed by atoms with Gasteiger partial charge in [-0.2, -0.15) is 0 Å². The number of aromatic hydroxyl groups is 1. The van der Waals surface area contributed by atoms with E-state index in [1.54, 1.807) is 0 Å². The molecule has 1 aromatic heterocycles. The Morgan fingerprint density at radius 3 is 2.00 bits per heavy atom. The van der Waals surface area contributed by atoms with Crippen LogP contribution in [0.5, 0.6) is 5.88 Å². The molecule has 0 aliphatic heterocycles. The van der Waals surface area contributed by atoms with E-state index in [0.29, 0.717) is 12.8 Å². The van der Waals surface area contributed by atoms with Crippen molar-refractivity contribution in [3.63, 3.8) is 0 Å². The molecule has 0 atom stereocenters. The molecule has 7 heteroatoms.